The zero-order valence-corrected chi connectivity index (χ0v) is 13.9. The zero-order valence-electron chi connectivity index (χ0n) is 13.9. The molecular weight excluding hydrogens is 300 g/mol. The fourth-order valence-electron chi connectivity index (χ4n) is 2.70. The number of fused-ring (bicyclic) bond motifs is 1. The SMILES string of the molecule is Cc1cc(C)n(CCC(=O)NN=Cc2cccc3ccccc23)n1. The Morgan fingerprint density at radius 1 is 1.21 bits per heavy atom. The molecule has 1 aromatic heterocycles. The number of carbonyl (C=O) groups is 1. The number of hydrogen-bond acceptors (Lipinski definition) is 3. The summed E-state index contributed by atoms with van der Waals surface area (Å²) in [6.07, 6.45) is 2.03. The van der Waals surface area contributed by atoms with Crippen LogP contribution in [0, 0.1) is 13.8 Å². The minimum Gasteiger partial charge on any atom is -0.273 e. The van der Waals surface area contributed by atoms with Crippen LogP contribution in [0.5, 0.6) is 0 Å². The van der Waals surface area contributed by atoms with Gasteiger partial charge in [-0.3, -0.25) is 9.48 Å². The quantitative estimate of drug-likeness (QED) is 0.580. The van der Waals surface area contributed by atoms with Crippen LogP contribution >= 0.6 is 0 Å². The van der Waals surface area contributed by atoms with E-state index in [0.29, 0.717) is 13.0 Å². The van der Waals surface area contributed by atoms with Gasteiger partial charge in [0.2, 0.25) is 5.91 Å². The van der Waals surface area contributed by atoms with E-state index in [4.69, 9.17) is 0 Å². The number of amides is 1. The number of nitrogens with one attached hydrogen (secondary N) is 1. The number of aryl methyl sites for hydroxylation is 3. The Balaban J connectivity index is 1.59. The molecule has 3 aromatic rings. The van der Waals surface area contributed by atoms with Gasteiger partial charge in [0, 0.05) is 17.7 Å². The number of aromatic nitrogens is 2. The first kappa shape index (κ1) is 15.9. The molecule has 0 unspecified atom stereocenters. The minimum absolute atomic E-state index is 0.126. The van der Waals surface area contributed by atoms with Gasteiger partial charge < -0.3 is 0 Å². The van der Waals surface area contributed by atoms with Crippen LogP contribution in [-0.2, 0) is 11.3 Å². The van der Waals surface area contributed by atoms with E-state index in [1.165, 1.54) is 0 Å². The van der Waals surface area contributed by atoms with Gasteiger partial charge in [-0.05, 0) is 30.7 Å². The van der Waals surface area contributed by atoms with Gasteiger partial charge in [-0.1, -0.05) is 42.5 Å². The molecule has 3 rings (SSSR count). The Morgan fingerprint density at radius 3 is 2.79 bits per heavy atom. The average Bonchev–Trinajstić information content (AvgIpc) is 2.91. The van der Waals surface area contributed by atoms with Crippen LogP contribution < -0.4 is 5.43 Å². The molecule has 0 bridgehead atoms. The summed E-state index contributed by atoms with van der Waals surface area (Å²) in [6, 6.07) is 16.1. The highest BCUT2D eigenvalue weighted by atomic mass is 16.2. The normalized spacial score (nSPS) is 11.2. The number of rotatable bonds is 5. The number of nitrogens with zero attached hydrogens (tertiary/aromatic N) is 3. The lowest BCUT2D eigenvalue weighted by atomic mass is 10.1. The fraction of sp³-hybridized carbons (Fsp3) is 0.211. The molecule has 0 aliphatic rings. The van der Waals surface area contributed by atoms with E-state index in [9.17, 15) is 4.79 Å². The molecule has 1 heterocycles. The van der Waals surface area contributed by atoms with Gasteiger partial charge >= 0.3 is 0 Å². The molecule has 0 aliphatic carbocycles. The van der Waals surface area contributed by atoms with E-state index < -0.39 is 0 Å². The van der Waals surface area contributed by atoms with E-state index in [1.807, 2.05) is 54.9 Å². The molecule has 1 amide bonds. The van der Waals surface area contributed by atoms with Gasteiger partial charge in [-0.2, -0.15) is 10.2 Å². The molecule has 2 aromatic carbocycles. The minimum atomic E-state index is -0.126. The van der Waals surface area contributed by atoms with Crippen LogP contribution in [0.2, 0.25) is 0 Å². The van der Waals surface area contributed by atoms with Crippen molar-refractivity contribution in [2.45, 2.75) is 26.8 Å². The number of benzene rings is 2. The van der Waals surface area contributed by atoms with E-state index in [-0.39, 0.29) is 5.91 Å². The van der Waals surface area contributed by atoms with E-state index in [0.717, 1.165) is 27.7 Å². The summed E-state index contributed by atoms with van der Waals surface area (Å²) in [5.41, 5.74) is 5.58. The van der Waals surface area contributed by atoms with Crippen LogP contribution in [0.4, 0.5) is 0 Å². The summed E-state index contributed by atoms with van der Waals surface area (Å²) < 4.78 is 1.84. The summed E-state index contributed by atoms with van der Waals surface area (Å²) in [4.78, 5) is 11.9. The van der Waals surface area contributed by atoms with Gasteiger partial charge in [0.15, 0.2) is 0 Å². The number of hydrazone groups is 1. The van der Waals surface area contributed by atoms with Crippen molar-refractivity contribution in [2.24, 2.45) is 5.10 Å². The van der Waals surface area contributed by atoms with Crippen molar-refractivity contribution in [3.05, 3.63) is 65.5 Å². The molecule has 24 heavy (non-hydrogen) atoms. The second-order valence-electron chi connectivity index (χ2n) is 5.76. The molecule has 5 nitrogen and oxygen atoms in total. The Morgan fingerprint density at radius 2 is 2.00 bits per heavy atom. The largest absolute Gasteiger partial charge is 0.273 e. The van der Waals surface area contributed by atoms with Crippen molar-refractivity contribution in [1.29, 1.82) is 0 Å². The van der Waals surface area contributed by atoms with Gasteiger partial charge in [-0.15, -0.1) is 0 Å². The van der Waals surface area contributed by atoms with Crippen LogP contribution in [0.3, 0.4) is 0 Å². The fourth-order valence-corrected chi connectivity index (χ4v) is 2.70. The molecule has 0 radical (unpaired) electrons. The summed E-state index contributed by atoms with van der Waals surface area (Å²) >= 11 is 0. The first-order valence-electron chi connectivity index (χ1n) is 7.94. The maximum atomic E-state index is 11.9. The Bertz CT molecular complexity index is 890. The third-order valence-electron chi connectivity index (χ3n) is 3.87. The van der Waals surface area contributed by atoms with E-state index in [1.54, 1.807) is 6.21 Å². The maximum absolute atomic E-state index is 11.9. The van der Waals surface area contributed by atoms with Gasteiger partial charge in [0.05, 0.1) is 18.5 Å². The third kappa shape index (κ3) is 3.68. The van der Waals surface area contributed by atoms with Crippen LogP contribution in [0.15, 0.2) is 53.6 Å². The topological polar surface area (TPSA) is 59.3 Å². The highest BCUT2D eigenvalue weighted by Crippen LogP contribution is 2.16. The van der Waals surface area contributed by atoms with E-state index in [2.05, 4.69) is 27.8 Å². The smallest absolute Gasteiger partial charge is 0.241 e. The predicted octanol–water partition coefficient (Wildman–Crippen LogP) is 3.19. The average molecular weight is 320 g/mol. The summed E-state index contributed by atoms with van der Waals surface area (Å²) in [5.74, 6) is -0.126. The van der Waals surface area contributed by atoms with Crippen molar-refractivity contribution in [3.8, 4) is 0 Å². The molecular formula is C19H20N4O. The van der Waals surface area contributed by atoms with Crippen LogP contribution in [0.25, 0.3) is 10.8 Å². The second-order valence-corrected chi connectivity index (χ2v) is 5.76. The first-order chi connectivity index (χ1) is 11.6. The Labute approximate surface area is 141 Å². The second kappa shape index (κ2) is 7.08. The Kier molecular flexibility index (Phi) is 4.70. The van der Waals surface area contributed by atoms with Crippen molar-refractivity contribution in [1.82, 2.24) is 15.2 Å². The highest BCUT2D eigenvalue weighted by Gasteiger charge is 2.04. The summed E-state index contributed by atoms with van der Waals surface area (Å²) in [6.45, 7) is 4.48. The van der Waals surface area contributed by atoms with Gasteiger partial charge in [-0.25, -0.2) is 5.43 Å². The number of carbonyl (C=O) groups excluding carboxylic acids is 1. The molecule has 0 spiro atoms. The number of hydrogen-bond donors (Lipinski definition) is 1. The van der Waals surface area contributed by atoms with Gasteiger partial charge in [0.25, 0.3) is 0 Å². The lowest BCUT2D eigenvalue weighted by molar-refractivity contribution is -0.121. The van der Waals surface area contributed by atoms with Crippen LogP contribution in [-0.4, -0.2) is 21.9 Å². The molecule has 0 aliphatic heterocycles. The molecule has 122 valence electrons. The molecule has 0 saturated heterocycles. The molecule has 1 N–H and O–H groups in total. The van der Waals surface area contributed by atoms with Crippen molar-refractivity contribution in [2.75, 3.05) is 0 Å². The lowest BCUT2D eigenvalue weighted by Gasteiger charge is -2.04. The van der Waals surface area contributed by atoms with E-state index >= 15 is 0 Å². The Hall–Kier alpha value is -2.95. The summed E-state index contributed by atoms with van der Waals surface area (Å²) in [7, 11) is 0. The highest BCUT2D eigenvalue weighted by molar-refractivity contribution is 5.99. The van der Waals surface area contributed by atoms with Crippen LogP contribution in [0.1, 0.15) is 23.4 Å². The molecule has 0 fully saturated rings. The van der Waals surface area contributed by atoms with Crippen molar-refractivity contribution >= 4 is 22.9 Å². The maximum Gasteiger partial charge on any atom is 0.241 e. The predicted molar refractivity (Wildman–Crippen MR) is 96.0 cm³/mol. The summed E-state index contributed by atoms with van der Waals surface area (Å²) in [5, 5.41) is 10.7. The van der Waals surface area contributed by atoms with Crippen molar-refractivity contribution < 1.29 is 4.79 Å². The third-order valence-corrected chi connectivity index (χ3v) is 3.87. The molecule has 0 atom stereocenters. The first-order valence-corrected chi connectivity index (χ1v) is 7.94. The monoisotopic (exact) mass is 320 g/mol. The zero-order chi connectivity index (χ0) is 16.9. The van der Waals surface area contributed by atoms with Crippen molar-refractivity contribution in [3.63, 3.8) is 0 Å². The molecule has 0 saturated carbocycles. The molecule has 5 heteroatoms. The standard InChI is InChI=1S/C19H20N4O/c1-14-12-15(2)23(22-14)11-10-19(24)21-20-13-17-8-5-7-16-6-3-4-9-18(16)17/h3-9,12-13H,10-11H2,1-2H3,(H,21,24). The lowest BCUT2D eigenvalue weighted by Crippen LogP contribution is -2.20. The van der Waals surface area contributed by atoms with Gasteiger partial charge in [0.1, 0.15) is 0 Å².